The Labute approximate surface area is 190 Å². The fraction of sp³-hybridized carbons (Fsp3) is 0.292. The van der Waals surface area contributed by atoms with E-state index in [0.29, 0.717) is 22.7 Å². The van der Waals surface area contributed by atoms with Crippen molar-refractivity contribution in [2.24, 2.45) is 7.05 Å². The molecule has 170 valence electrons. The van der Waals surface area contributed by atoms with Gasteiger partial charge in [0.25, 0.3) is 5.91 Å². The van der Waals surface area contributed by atoms with Gasteiger partial charge in [-0.1, -0.05) is 12.1 Å². The van der Waals surface area contributed by atoms with Crippen molar-refractivity contribution in [1.29, 1.82) is 0 Å². The van der Waals surface area contributed by atoms with Crippen LogP contribution in [0.5, 0.6) is 5.75 Å². The number of aryl methyl sites for hydroxylation is 1. The molecule has 0 fully saturated rings. The molecule has 1 unspecified atom stereocenters. The molecule has 0 aliphatic heterocycles. The molecule has 8 heteroatoms. The highest BCUT2D eigenvalue weighted by molar-refractivity contribution is 8.32. The molecule has 32 heavy (non-hydrogen) atoms. The van der Waals surface area contributed by atoms with Crippen LogP contribution in [0, 0.1) is 0 Å². The summed E-state index contributed by atoms with van der Waals surface area (Å²) in [6, 6.07) is 15.9. The van der Waals surface area contributed by atoms with Gasteiger partial charge in [-0.05, 0) is 71.7 Å². The summed E-state index contributed by atoms with van der Waals surface area (Å²) >= 11 is 0. The maximum atomic E-state index is 13.2. The predicted octanol–water partition coefficient (Wildman–Crippen LogP) is 3.52. The number of nitrogens with one attached hydrogen (secondary N) is 2. The van der Waals surface area contributed by atoms with E-state index in [1.807, 2.05) is 24.3 Å². The van der Waals surface area contributed by atoms with Gasteiger partial charge >= 0.3 is 0 Å². The van der Waals surface area contributed by atoms with Crippen LogP contribution in [0.25, 0.3) is 0 Å². The van der Waals surface area contributed by atoms with Crippen molar-refractivity contribution in [3.8, 4) is 5.75 Å². The number of anilines is 1. The largest absolute Gasteiger partial charge is 0.497 e. The molecule has 2 aromatic carbocycles. The number of ether oxygens (including phenoxy) is 1. The molecule has 2 amide bonds. The highest BCUT2D eigenvalue weighted by Crippen LogP contribution is 2.45. The molecule has 0 saturated heterocycles. The number of rotatable bonds is 8. The molecule has 0 aliphatic rings. The number of benzene rings is 2. The zero-order chi connectivity index (χ0) is 23.3. The number of aromatic nitrogens is 2. The molecular weight excluding hydrogens is 424 g/mol. The molecule has 7 nitrogen and oxygen atoms in total. The first-order valence-electron chi connectivity index (χ1n) is 10.2. The number of methoxy groups -OCH3 is 1. The lowest BCUT2D eigenvalue weighted by Gasteiger charge is -2.26. The van der Waals surface area contributed by atoms with E-state index < -0.39 is 16.1 Å². The van der Waals surface area contributed by atoms with E-state index in [0.717, 1.165) is 0 Å². The molecule has 3 aromatic rings. The van der Waals surface area contributed by atoms with Gasteiger partial charge in [-0.3, -0.25) is 14.3 Å². The summed E-state index contributed by atoms with van der Waals surface area (Å²) < 4.78 is 6.85. The number of hydrogen-bond acceptors (Lipinski definition) is 4. The molecule has 0 bridgehead atoms. The van der Waals surface area contributed by atoms with Crippen LogP contribution in [-0.2, 0) is 23.1 Å². The third-order valence-corrected chi connectivity index (χ3v) is 6.64. The SMILES string of the molecule is COc1ccc(C(NC(=O)Cc2ccn(C)n2)C(=O)Nc2ccc(S(C)(C)C)cc2)cc1. The number of carbonyl (C=O) groups is 2. The molecule has 1 heterocycles. The molecule has 0 saturated carbocycles. The quantitative estimate of drug-likeness (QED) is 0.545. The fourth-order valence-corrected chi connectivity index (χ4v) is 4.14. The van der Waals surface area contributed by atoms with Crippen molar-refractivity contribution < 1.29 is 14.3 Å². The van der Waals surface area contributed by atoms with Crippen LogP contribution in [0.4, 0.5) is 5.69 Å². The van der Waals surface area contributed by atoms with Crippen LogP contribution in [-0.4, -0.2) is 47.5 Å². The maximum Gasteiger partial charge on any atom is 0.251 e. The summed E-state index contributed by atoms with van der Waals surface area (Å²) in [5.41, 5.74) is 1.98. The highest BCUT2D eigenvalue weighted by Gasteiger charge is 2.24. The Morgan fingerprint density at radius 3 is 2.22 bits per heavy atom. The van der Waals surface area contributed by atoms with Crippen molar-refractivity contribution >= 4 is 27.5 Å². The minimum Gasteiger partial charge on any atom is -0.497 e. The van der Waals surface area contributed by atoms with Gasteiger partial charge in [-0.2, -0.15) is 5.10 Å². The van der Waals surface area contributed by atoms with Gasteiger partial charge in [0.1, 0.15) is 11.8 Å². The van der Waals surface area contributed by atoms with E-state index in [2.05, 4.69) is 34.5 Å². The third kappa shape index (κ3) is 6.13. The molecular formula is C24H30N4O3S. The van der Waals surface area contributed by atoms with Gasteiger partial charge in [0.05, 0.1) is 19.2 Å². The summed E-state index contributed by atoms with van der Waals surface area (Å²) in [5, 5.41) is 10.0. The maximum absolute atomic E-state index is 13.2. The van der Waals surface area contributed by atoms with E-state index in [4.69, 9.17) is 4.74 Å². The summed E-state index contributed by atoms with van der Waals surface area (Å²) in [7, 11) is 2.53. The first-order valence-corrected chi connectivity index (χ1v) is 13.0. The molecule has 0 spiro atoms. The first kappa shape index (κ1) is 23.4. The van der Waals surface area contributed by atoms with Crippen molar-refractivity contribution in [2.45, 2.75) is 17.4 Å². The van der Waals surface area contributed by atoms with Gasteiger partial charge in [-0.15, -0.1) is 0 Å². The molecule has 0 aliphatic carbocycles. The number of hydrogen-bond donors (Lipinski definition) is 2. The summed E-state index contributed by atoms with van der Waals surface area (Å²) in [5.74, 6) is 0.0692. The number of nitrogens with zero attached hydrogens (tertiary/aromatic N) is 2. The Morgan fingerprint density at radius 1 is 1.03 bits per heavy atom. The van der Waals surface area contributed by atoms with Crippen molar-refractivity contribution in [1.82, 2.24) is 15.1 Å². The van der Waals surface area contributed by atoms with Crippen LogP contribution in [0.1, 0.15) is 17.3 Å². The Kier molecular flexibility index (Phi) is 7.25. The predicted molar refractivity (Wildman–Crippen MR) is 129 cm³/mol. The van der Waals surface area contributed by atoms with E-state index in [9.17, 15) is 9.59 Å². The second-order valence-corrected chi connectivity index (χ2v) is 12.4. The van der Waals surface area contributed by atoms with Crippen molar-refractivity contribution in [3.63, 3.8) is 0 Å². The molecule has 1 aromatic heterocycles. The normalized spacial score (nSPS) is 12.7. The number of amides is 2. The monoisotopic (exact) mass is 454 g/mol. The van der Waals surface area contributed by atoms with E-state index in [1.54, 1.807) is 55.4 Å². The summed E-state index contributed by atoms with van der Waals surface area (Å²) in [6.07, 6.45) is 8.52. The van der Waals surface area contributed by atoms with Crippen molar-refractivity contribution in [2.75, 3.05) is 31.2 Å². The van der Waals surface area contributed by atoms with Crippen LogP contribution in [0.3, 0.4) is 0 Å². The topological polar surface area (TPSA) is 85.2 Å². The third-order valence-electron chi connectivity index (χ3n) is 4.96. The lowest BCUT2D eigenvalue weighted by atomic mass is 10.1. The minimum absolute atomic E-state index is 0.0871. The highest BCUT2D eigenvalue weighted by atomic mass is 32.3. The second-order valence-electron chi connectivity index (χ2n) is 8.28. The van der Waals surface area contributed by atoms with Gasteiger partial charge in [-0.25, -0.2) is 10.0 Å². The summed E-state index contributed by atoms with van der Waals surface area (Å²) in [4.78, 5) is 27.1. The minimum atomic E-state index is -0.856. The van der Waals surface area contributed by atoms with Crippen molar-refractivity contribution in [3.05, 3.63) is 72.1 Å². The molecule has 2 N–H and O–H groups in total. The van der Waals surface area contributed by atoms with Crippen LogP contribution >= 0.6 is 10.0 Å². The van der Waals surface area contributed by atoms with Gasteiger partial charge < -0.3 is 15.4 Å². The number of carbonyl (C=O) groups excluding carboxylic acids is 2. The van der Waals surface area contributed by atoms with Crippen LogP contribution in [0.2, 0.25) is 0 Å². The second kappa shape index (κ2) is 9.91. The van der Waals surface area contributed by atoms with Crippen LogP contribution < -0.4 is 15.4 Å². The zero-order valence-corrected chi connectivity index (χ0v) is 19.9. The standard InChI is InChI=1S/C24H30N4O3S/c1-28-15-14-19(27-28)16-22(29)26-23(17-6-10-20(31-2)11-7-17)24(30)25-18-8-12-21(13-9-18)32(3,4)5/h6-15,23H,16H2,1-5H3,(H,25,30)(H,26,29). The Bertz CT molecular complexity index is 1070. The van der Waals surface area contributed by atoms with E-state index in [1.165, 1.54) is 4.90 Å². The van der Waals surface area contributed by atoms with Gasteiger partial charge in [0.2, 0.25) is 5.91 Å². The lowest BCUT2D eigenvalue weighted by Crippen LogP contribution is -2.37. The van der Waals surface area contributed by atoms with Crippen LogP contribution in [0.15, 0.2) is 65.7 Å². The average Bonchev–Trinajstić information content (AvgIpc) is 3.16. The molecule has 0 radical (unpaired) electrons. The Morgan fingerprint density at radius 2 is 1.69 bits per heavy atom. The molecule has 3 rings (SSSR count). The smallest absolute Gasteiger partial charge is 0.251 e. The lowest BCUT2D eigenvalue weighted by molar-refractivity contribution is -0.126. The molecule has 1 atom stereocenters. The van der Waals surface area contributed by atoms with Gasteiger partial charge in [0, 0.05) is 18.9 Å². The summed E-state index contributed by atoms with van der Waals surface area (Å²) in [6.45, 7) is 0. The fourth-order valence-electron chi connectivity index (χ4n) is 3.19. The average molecular weight is 455 g/mol. The Balaban J connectivity index is 1.78. The van der Waals surface area contributed by atoms with Gasteiger partial charge in [0.15, 0.2) is 0 Å². The first-order chi connectivity index (χ1) is 15.2. The zero-order valence-electron chi connectivity index (χ0n) is 19.1. The Hall–Kier alpha value is -3.26. The van der Waals surface area contributed by atoms with E-state index >= 15 is 0 Å². The van der Waals surface area contributed by atoms with E-state index in [-0.39, 0.29) is 18.2 Å².